The Morgan fingerprint density at radius 1 is 1.18 bits per heavy atom. The Kier molecular flexibility index (Phi) is 7.42. The van der Waals surface area contributed by atoms with Crippen molar-refractivity contribution in [1.29, 1.82) is 5.26 Å². The van der Waals surface area contributed by atoms with E-state index in [0.29, 0.717) is 58.0 Å². The van der Waals surface area contributed by atoms with Crippen LogP contribution in [0.25, 0.3) is 0 Å². The van der Waals surface area contributed by atoms with Crippen LogP contribution in [0.2, 0.25) is 0 Å². The lowest BCUT2D eigenvalue weighted by molar-refractivity contribution is -0.135. The van der Waals surface area contributed by atoms with Crippen LogP contribution in [0.4, 0.5) is 0 Å². The second-order valence-electron chi connectivity index (χ2n) is 6.62. The monoisotopic (exact) mass is 379 g/mol. The molecule has 0 bridgehead atoms. The van der Waals surface area contributed by atoms with Gasteiger partial charge in [-0.15, -0.1) is 0 Å². The minimum Gasteiger partial charge on any atom is -0.489 e. The molecule has 0 aliphatic carbocycles. The number of ether oxygens (including phenoxy) is 2. The number of benzene rings is 2. The Morgan fingerprint density at radius 3 is 2.82 bits per heavy atom. The third kappa shape index (κ3) is 5.81. The summed E-state index contributed by atoms with van der Waals surface area (Å²) in [5, 5.41) is 12.5. The van der Waals surface area contributed by atoms with Crippen molar-refractivity contribution in [3.8, 4) is 11.8 Å². The van der Waals surface area contributed by atoms with Gasteiger partial charge in [0.1, 0.15) is 12.4 Å². The molecule has 1 fully saturated rings. The van der Waals surface area contributed by atoms with Gasteiger partial charge in [-0.25, -0.2) is 0 Å². The molecular weight excluding hydrogens is 354 g/mol. The zero-order valence-electron chi connectivity index (χ0n) is 15.9. The van der Waals surface area contributed by atoms with Crippen LogP contribution in [-0.2, 0) is 22.7 Å². The molecule has 0 saturated carbocycles. The zero-order valence-corrected chi connectivity index (χ0v) is 15.9. The highest BCUT2D eigenvalue weighted by molar-refractivity contribution is 5.76. The second-order valence-corrected chi connectivity index (χ2v) is 6.62. The molecule has 6 heteroatoms. The number of carbonyl (C=O) groups is 1. The molecule has 146 valence electrons. The molecule has 0 aromatic heterocycles. The normalized spacial score (nSPS) is 13.8. The van der Waals surface area contributed by atoms with E-state index in [1.165, 1.54) is 0 Å². The van der Waals surface area contributed by atoms with Crippen LogP contribution < -0.4 is 10.1 Å². The lowest BCUT2D eigenvalue weighted by Crippen LogP contribution is -2.41. The van der Waals surface area contributed by atoms with Crippen molar-refractivity contribution in [3.63, 3.8) is 0 Å². The summed E-state index contributed by atoms with van der Waals surface area (Å²) in [7, 11) is 0. The maximum atomic E-state index is 12.1. The van der Waals surface area contributed by atoms with E-state index in [1.54, 1.807) is 6.07 Å². The van der Waals surface area contributed by atoms with Crippen molar-refractivity contribution in [2.24, 2.45) is 0 Å². The second kappa shape index (κ2) is 10.5. The van der Waals surface area contributed by atoms with Gasteiger partial charge >= 0.3 is 0 Å². The molecule has 2 aromatic carbocycles. The number of rotatable bonds is 8. The number of hydrogen-bond acceptors (Lipinski definition) is 5. The highest BCUT2D eigenvalue weighted by Crippen LogP contribution is 2.16. The molecule has 0 atom stereocenters. The Hall–Kier alpha value is -2.88. The van der Waals surface area contributed by atoms with Gasteiger partial charge in [-0.3, -0.25) is 4.79 Å². The molecule has 28 heavy (non-hydrogen) atoms. The summed E-state index contributed by atoms with van der Waals surface area (Å²) in [6, 6.07) is 17.5. The fourth-order valence-electron chi connectivity index (χ4n) is 3.06. The number of carbonyl (C=O) groups excluding carboxylic acids is 1. The van der Waals surface area contributed by atoms with E-state index >= 15 is 0 Å². The van der Waals surface area contributed by atoms with Crippen LogP contribution >= 0.6 is 0 Å². The molecule has 1 saturated heterocycles. The SMILES string of the molecule is N#Cc1ccccc1COc1cccc(CNCCC(=O)N2CCOCC2)c1. The van der Waals surface area contributed by atoms with E-state index in [9.17, 15) is 4.79 Å². The molecule has 0 unspecified atom stereocenters. The molecule has 2 aromatic rings. The quantitative estimate of drug-likeness (QED) is 0.713. The van der Waals surface area contributed by atoms with Gasteiger partial charge < -0.3 is 19.7 Å². The largest absolute Gasteiger partial charge is 0.489 e. The minimum atomic E-state index is 0.170. The summed E-state index contributed by atoms with van der Waals surface area (Å²) in [4.78, 5) is 14.0. The summed E-state index contributed by atoms with van der Waals surface area (Å²) in [5.74, 6) is 0.931. The number of nitriles is 1. The predicted molar refractivity (Wildman–Crippen MR) is 106 cm³/mol. The first-order valence-corrected chi connectivity index (χ1v) is 9.52. The smallest absolute Gasteiger partial charge is 0.224 e. The maximum Gasteiger partial charge on any atom is 0.224 e. The van der Waals surface area contributed by atoms with Crippen molar-refractivity contribution < 1.29 is 14.3 Å². The Bertz CT molecular complexity index is 826. The van der Waals surface area contributed by atoms with E-state index in [0.717, 1.165) is 16.9 Å². The standard InChI is InChI=1S/C22H25N3O3/c23-15-19-5-1-2-6-20(19)17-28-21-7-3-4-18(14-21)16-24-9-8-22(26)25-10-12-27-13-11-25/h1-7,14,24H,8-13,16-17H2. The van der Waals surface area contributed by atoms with Crippen molar-refractivity contribution in [2.75, 3.05) is 32.8 Å². The summed E-state index contributed by atoms with van der Waals surface area (Å²) in [5.41, 5.74) is 2.59. The summed E-state index contributed by atoms with van der Waals surface area (Å²) < 4.78 is 11.1. The van der Waals surface area contributed by atoms with Crippen LogP contribution in [0.3, 0.4) is 0 Å². The topological polar surface area (TPSA) is 74.6 Å². The van der Waals surface area contributed by atoms with E-state index in [-0.39, 0.29) is 5.91 Å². The molecule has 3 rings (SSSR count). The van der Waals surface area contributed by atoms with E-state index < -0.39 is 0 Å². The van der Waals surface area contributed by atoms with Crippen molar-refractivity contribution >= 4 is 5.91 Å². The first-order valence-electron chi connectivity index (χ1n) is 9.52. The average molecular weight is 379 g/mol. The maximum absolute atomic E-state index is 12.1. The van der Waals surface area contributed by atoms with Gasteiger partial charge in [-0.2, -0.15) is 5.26 Å². The molecule has 6 nitrogen and oxygen atoms in total. The van der Waals surface area contributed by atoms with Crippen molar-refractivity contribution in [3.05, 3.63) is 65.2 Å². The molecule has 1 N–H and O–H groups in total. The number of nitrogens with zero attached hydrogens (tertiary/aromatic N) is 2. The third-order valence-electron chi connectivity index (χ3n) is 4.64. The van der Waals surface area contributed by atoms with Gasteiger partial charge in [0.25, 0.3) is 0 Å². The van der Waals surface area contributed by atoms with Crippen LogP contribution in [0, 0.1) is 11.3 Å². The van der Waals surface area contributed by atoms with E-state index in [2.05, 4.69) is 11.4 Å². The van der Waals surface area contributed by atoms with Crippen LogP contribution in [0.15, 0.2) is 48.5 Å². The van der Waals surface area contributed by atoms with Crippen LogP contribution in [0.5, 0.6) is 5.75 Å². The Morgan fingerprint density at radius 2 is 2.00 bits per heavy atom. The van der Waals surface area contributed by atoms with Gasteiger partial charge in [0.15, 0.2) is 0 Å². The Balaban J connectivity index is 1.43. The first-order chi connectivity index (χ1) is 13.8. The molecular formula is C22H25N3O3. The molecule has 0 radical (unpaired) electrons. The highest BCUT2D eigenvalue weighted by Gasteiger charge is 2.15. The number of hydrogen-bond donors (Lipinski definition) is 1. The summed E-state index contributed by atoms with van der Waals surface area (Å²) in [6.07, 6.45) is 0.487. The van der Waals surface area contributed by atoms with Crippen molar-refractivity contribution in [2.45, 2.75) is 19.6 Å². The molecule has 0 spiro atoms. The summed E-state index contributed by atoms with van der Waals surface area (Å²) in [6.45, 7) is 4.30. The van der Waals surface area contributed by atoms with Crippen LogP contribution in [-0.4, -0.2) is 43.7 Å². The molecule has 1 aliphatic heterocycles. The molecule has 1 heterocycles. The number of amides is 1. The zero-order chi connectivity index (χ0) is 19.6. The van der Waals surface area contributed by atoms with Gasteiger partial charge in [-0.1, -0.05) is 30.3 Å². The summed E-state index contributed by atoms with van der Waals surface area (Å²) >= 11 is 0. The lowest BCUT2D eigenvalue weighted by atomic mass is 10.1. The van der Waals surface area contributed by atoms with Crippen LogP contribution in [0.1, 0.15) is 23.1 Å². The van der Waals surface area contributed by atoms with Gasteiger partial charge in [0.2, 0.25) is 5.91 Å². The van der Waals surface area contributed by atoms with Gasteiger partial charge in [-0.05, 0) is 23.8 Å². The number of morpholine rings is 1. The Labute approximate surface area is 165 Å². The predicted octanol–water partition coefficient (Wildman–Crippen LogP) is 2.48. The van der Waals surface area contributed by atoms with Gasteiger partial charge in [0.05, 0.1) is 24.8 Å². The average Bonchev–Trinajstić information content (AvgIpc) is 2.76. The van der Waals surface area contributed by atoms with Crippen molar-refractivity contribution in [1.82, 2.24) is 10.2 Å². The molecule has 1 aliphatic rings. The number of nitrogens with one attached hydrogen (secondary N) is 1. The first kappa shape index (κ1) is 19.9. The van der Waals surface area contributed by atoms with E-state index in [1.807, 2.05) is 47.4 Å². The fraction of sp³-hybridized carbons (Fsp3) is 0.364. The lowest BCUT2D eigenvalue weighted by Gasteiger charge is -2.26. The van der Waals surface area contributed by atoms with Gasteiger partial charge in [0, 0.05) is 38.2 Å². The fourth-order valence-corrected chi connectivity index (χ4v) is 3.06. The highest BCUT2D eigenvalue weighted by atomic mass is 16.5. The minimum absolute atomic E-state index is 0.170. The molecule has 1 amide bonds. The van der Waals surface area contributed by atoms with E-state index in [4.69, 9.17) is 14.7 Å². The third-order valence-corrected chi connectivity index (χ3v) is 4.64.